The molecule has 1 atom stereocenters. The third kappa shape index (κ3) is 3.49. The van der Waals surface area contributed by atoms with Crippen molar-refractivity contribution in [3.05, 3.63) is 23.8 Å². The number of rotatable bonds is 4. The molecule has 0 aromatic heterocycles. The van der Waals surface area contributed by atoms with Crippen LogP contribution in [0.25, 0.3) is 0 Å². The minimum Gasteiger partial charge on any atom is -0.399 e. The monoisotopic (exact) mass is 289 g/mol. The van der Waals surface area contributed by atoms with Gasteiger partial charge in [-0.25, -0.2) is 0 Å². The number of anilines is 2. The van der Waals surface area contributed by atoms with Crippen LogP contribution in [-0.2, 0) is 0 Å². The Morgan fingerprint density at radius 2 is 2.14 bits per heavy atom. The smallest absolute Gasteiger partial charge is 0.256 e. The van der Waals surface area contributed by atoms with Crippen molar-refractivity contribution >= 4 is 17.3 Å². The topological polar surface area (TPSA) is 49.6 Å². The second-order valence-electron chi connectivity index (χ2n) is 6.11. The molecule has 1 aliphatic heterocycles. The molecule has 4 nitrogen and oxygen atoms in total. The first-order valence-electron chi connectivity index (χ1n) is 7.92. The van der Waals surface area contributed by atoms with Crippen molar-refractivity contribution in [3.63, 3.8) is 0 Å². The number of nitrogens with zero attached hydrogens (tertiary/aromatic N) is 2. The fourth-order valence-electron chi connectivity index (χ4n) is 3.17. The summed E-state index contributed by atoms with van der Waals surface area (Å²) in [6.45, 7) is 3.05. The Kier molecular flexibility index (Phi) is 5.10. The van der Waals surface area contributed by atoms with E-state index in [-0.39, 0.29) is 5.91 Å². The van der Waals surface area contributed by atoms with Crippen molar-refractivity contribution in [3.8, 4) is 0 Å². The third-order valence-corrected chi connectivity index (χ3v) is 4.24. The van der Waals surface area contributed by atoms with Crippen molar-refractivity contribution < 1.29 is 4.79 Å². The fraction of sp³-hybridized carbons (Fsp3) is 0.588. The molecule has 1 unspecified atom stereocenters. The van der Waals surface area contributed by atoms with Crippen LogP contribution in [-0.4, -0.2) is 37.5 Å². The summed E-state index contributed by atoms with van der Waals surface area (Å²) >= 11 is 0. The van der Waals surface area contributed by atoms with Gasteiger partial charge in [-0.05, 0) is 43.9 Å². The molecule has 2 rings (SSSR count). The van der Waals surface area contributed by atoms with Crippen LogP contribution >= 0.6 is 0 Å². The lowest BCUT2D eigenvalue weighted by molar-refractivity contribution is 0.0601. The average Bonchev–Trinajstić information content (AvgIpc) is 2.47. The summed E-state index contributed by atoms with van der Waals surface area (Å²) in [4.78, 5) is 17.0. The Balaban J connectivity index is 2.31. The highest BCUT2D eigenvalue weighted by atomic mass is 16.2. The number of nitrogens with two attached hydrogens (primary N) is 1. The van der Waals surface area contributed by atoms with Gasteiger partial charge in [0.1, 0.15) is 0 Å². The predicted molar refractivity (Wildman–Crippen MR) is 88.8 cm³/mol. The predicted octanol–water partition coefficient (Wildman–Crippen LogP) is 3.13. The Morgan fingerprint density at radius 1 is 1.38 bits per heavy atom. The number of benzene rings is 1. The molecular formula is C17H27N3O. The number of piperidine rings is 1. The maximum atomic E-state index is 13.0. The van der Waals surface area contributed by atoms with Crippen molar-refractivity contribution in [2.45, 2.75) is 45.1 Å². The van der Waals surface area contributed by atoms with E-state index in [1.807, 2.05) is 37.2 Å². The van der Waals surface area contributed by atoms with Gasteiger partial charge in [0.15, 0.2) is 0 Å². The van der Waals surface area contributed by atoms with Crippen molar-refractivity contribution in [1.29, 1.82) is 0 Å². The van der Waals surface area contributed by atoms with E-state index < -0.39 is 0 Å². The molecule has 1 aromatic rings. The number of carbonyl (C=O) groups is 1. The van der Waals surface area contributed by atoms with Gasteiger partial charge in [0.25, 0.3) is 5.91 Å². The first-order chi connectivity index (χ1) is 10.0. The van der Waals surface area contributed by atoms with Gasteiger partial charge in [0, 0.05) is 38.1 Å². The molecule has 1 aromatic carbocycles. The minimum atomic E-state index is 0.129. The van der Waals surface area contributed by atoms with E-state index in [1.165, 1.54) is 6.42 Å². The molecule has 0 bridgehead atoms. The molecule has 0 aliphatic carbocycles. The first-order valence-corrected chi connectivity index (χ1v) is 7.92. The van der Waals surface area contributed by atoms with Crippen LogP contribution in [0.2, 0.25) is 0 Å². The van der Waals surface area contributed by atoms with Crippen LogP contribution in [0.1, 0.15) is 49.4 Å². The Labute approximate surface area is 127 Å². The molecule has 0 radical (unpaired) electrons. The Bertz CT molecular complexity index is 497. The molecule has 4 heteroatoms. The van der Waals surface area contributed by atoms with Gasteiger partial charge in [-0.1, -0.05) is 13.3 Å². The van der Waals surface area contributed by atoms with Crippen LogP contribution in [0.3, 0.4) is 0 Å². The highest BCUT2D eigenvalue weighted by Gasteiger charge is 2.28. The lowest BCUT2D eigenvalue weighted by Crippen LogP contribution is -2.44. The van der Waals surface area contributed by atoms with Crippen LogP contribution in [0.5, 0.6) is 0 Å². The summed E-state index contributed by atoms with van der Waals surface area (Å²) in [6.07, 6.45) is 5.66. The van der Waals surface area contributed by atoms with Gasteiger partial charge in [0.2, 0.25) is 0 Å². The van der Waals surface area contributed by atoms with E-state index in [1.54, 1.807) is 0 Å². The largest absolute Gasteiger partial charge is 0.399 e. The van der Waals surface area contributed by atoms with Crippen LogP contribution in [0.4, 0.5) is 11.4 Å². The summed E-state index contributed by atoms with van der Waals surface area (Å²) in [7, 11) is 3.92. The summed E-state index contributed by atoms with van der Waals surface area (Å²) in [5, 5.41) is 0. The average molecular weight is 289 g/mol. The van der Waals surface area contributed by atoms with Crippen LogP contribution in [0.15, 0.2) is 18.2 Å². The molecular weight excluding hydrogens is 262 g/mol. The number of nitrogen functional groups attached to an aromatic ring is 1. The van der Waals surface area contributed by atoms with E-state index in [4.69, 9.17) is 5.73 Å². The van der Waals surface area contributed by atoms with Gasteiger partial charge in [-0.2, -0.15) is 0 Å². The van der Waals surface area contributed by atoms with Gasteiger partial charge in [0.05, 0.1) is 5.56 Å². The number of hydrogen-bond donors (Lipinski definition) is 1. The van der Waals surface area contributed by atoms with Crippen LogP contribution in [0, 0.1) is 0 Å². The van der Waals surface area contributed by atoms with Crippen molar-refractivity contribution in [1.82, 2.24) is 4.90 Å². The van der Waals surface area contributed by atoms with E-state index >= 15 is 0 Å². The number of amides is 1. The normalized spacial score (nSPS) is 18.6. The summed E-state index contributed by atoms with van der Waals surface area (Å²) < 4.78 is 0. The molecule has 0 saturated carbocycles. The van der Waals surface area contributed by atoms with E-state index in [9.17, 15) is 4.79 Å². The molecule has 2 N–H and O–H groups in total. The fourth-order valence-corrected chi connectivity index (χ4v) is 3.17. The lowest BCUT2D eigenvalue weighted by Gasteiger charge is -2.36. The number of carbonyl (C=O) groups excluding carboxylic acids is 1. The second kappa shape index (κ2) is 6.83. The number of hydrogen-bond acceptors (Lipinski definition) is 3. The Hall–Kier alpha value is -1.71. The molecule has 1 heterocycles. The second-order valence-corrected chi connectivity index (χ2v) is 6.11. The molecule has 21 heavy (non-hydrogen) atoms. The molecule has 1 aliphatic rings. The zero-order valence-corrected chi connectivity index (χ0v) is 13.4. The van der Waals surface area contributed by atoms with Crippen LogP contribution < -0.4 is 10.6 Å². The standard InChI is InChI=1S/C17H27N3O/c1-4-7-14-8-5-6-11-20(14)17(21)15-12-13(18)9-10-16(15)19(2)3/h9-10,12,14H,4-8,11,18H2,1-3H3. The third-order valence-electron chi connectivity index (χ3n) is 4.24. The quantitative estimate of drug-likeness (QED) is 0.866. The summed E-state index contributed by atoms with van der Waals surface area (Å²) in [5.41, 5.74) is 8.21. The highest BCUT2D eigenvalue weighted by molar-refractivity contribution is 6.00. The SMILES string of the molecule is CCCC1CCCCN1C(=O)c1cc(N)ccc1N(C)C. The minimum absolute atomic E-state index is 0.129. The van der Waals surface area contributed by atoms with Crippen molar-refractivity contribution in [2.24, 2.45) is 0 Å². The maximum Gasteiger partial charge on any atom is 0.256 e. The van der Waals surface area contributed by atoms with Gasteiger partial charge >= 0.3 is 0 Å². The molecule has 1 fully saturated rings. The summed E-state index contributed by atoms with van der Waals surface area (Å²) in [6, 6.07) is 5.98. The highest BCUT2D eigenvalue weighted by Crippen LogP contribution is 2.28. The molecule has 116 valence electrons. The van der Waals surface area contributed by atoms with Gasteiger partial charge < -0.3 is 15.5 Å². The number of likely N-dealkylation sites (tertiary alicyclic amines) is 1. The lowest BCUT2D eigenvalue weighted by atomic mass is 9.96. The molecule has 0 spiro atoms. The summed E-state index contributed by atoms with van der Waals surface area (Å²) in [5.74, 6) is 0.129. The maximum absolute atomic E-state index is 13.0. The van der Waals surface area contributed by atoms with Gasteiger partial charge in [-0.3, -0.25) is 4.79 Å². The van der Waals surface area contributed by atoms with Crippen molar-refractivity contribution in [2.75, 3.05) is 31.3 Å². The first kappa shape index (κ1) is 15.7. The van der Waals surface area contributed by atoms with E-state index in [0.29, 0.717) is 11.7 Å². The van der Waals surface area contributed by atoms with Gasteiger partial charge in [-0.15, -0.1) is 0 Å². The Morgan fingerprint density at radius 3 is 2.81 bits per heavy atom. The molecule has 1 saturated heterocycles. The zero-order chi connectivity index (χ0) is 15.4. The van der Waals surface area contributed by atoms with E-state index in [2.05, 4.69) is 11.8 Å². The van der Waals surface area contributed by atoms with E-state index in [0.717, 1.165) is 43.5 Å². The molecule has 1 amide bonds. The zero-order valence-electron chi connectivity index (χ0n) is 13.4.